The SMILES string of the molecule is C1=Cc2nc1c(-c1ccccc1)c1ccc([n-]1)c(-c1ccccc1)c1nc(c(-c3ccc(Nc4nc(Nc5ccc(-c6c7nc(c(-c8ccccc8)c8ccc([n-]8)c(-c8ccccc8)c8nc(c(-c9ccccc9)c9ccc6[n-]9)C=C8)C=C7)cc5)nc(N5CCCCC5)n4)cc3)c3ccc([n-]3)c2-c2ccccc2)C=C1.[Zn+2].[Zn+2]. The van der Waals surface area contributed by atoms with Crippen LogP contribution in [0.3, 0.4) is 0 Å². The van der Waals surface area contributed by atoms with Gasteiger partial charge in [0.05, 0.1) is 45.6 Å². The second-order valence-corrected chi connectivity index (χ2v) is 27.7. The van der Waals surface area contributed by atoms with E-state index >= 15 is 0 Å². The molecule has 5 aliphatic heterocycles. The summed E-state index contributed by atoms with van der Waals surface area (Å²) < 4.78 is 0. The molecule has 20 rings (SSSR count). The summed E-state index contributed by atoms with van der Waals surface area (Å²) in [7, 11) is 0. The molecule has 0 spiro atoms. The van der Waals surface area contributed by atoms with Crippen molar-refractivity contribution in [2.24, 2.45) is 0 Å². The number of hydrogen-bond donors (Lipinski definition) is 2. The van der Waals surface area contributed by atoms with Gasteiger partial charge in [0.2, 0.25) is 17.8 Å². The first-order valence-electron chi connectivity index (χ1n) is 37.2. The van der Waals surface area contributed by atoms with Crippen LogP contribution in [0.25, 0.3) is 182 Å². The molecule has 5 aliphatic rings. The standard InChI is InChI=1S/C96H66N14.2Zn/c1-8-22-60(23-9-1)86-70-42-46-74(99-70)88(62-26-12-3-13-27-62)78-50-54-82(103-78)92(83-55-51-79(104-83)89(63-28-14-4-15-29-63)75-47-43-71(86)100-75)66-34-38-68(39-35-66)97-94-107-95(109-96(108-94)110-58-20-7-21-59-110)98-69-40-36-67(37-41-69)93-84-56-52-80(105-84)90(64-30-16-5-17-31-64)76-48-44-72(101-76)87(61-24-10-2-11-25-61)73-45-49-77(102-73)91(65-32-18-6-19-33-65)81-53-57-85(93)106-81;;/h1-6,8-19,22-57H,7,20-21,58-59H2,(H2,97,98,107,108,109);;/q-4;2*+2. The van der Waals surface area contributed by atoms with Gasteiger partial charge >= 0.3 is 39.0 Å². The first kappa shape index (κ1) is 70.3. The summed E-state index contributed by atoms with van der Waals surface area (Å²) in [5, 5.41) is 7.19. The van der Waals surface area contributed by atoms with Crippen molar-refractivity contribution in [3.05, 3.63) is 325 Å². The molecule has 112 heavy (non-hydrogen) atoms. The van der Waals surface area contributed by atoms with Crippen LogP contribution < -0.4 is 35.5 Å². The summed E-state index contributed by atoms with van der Waals surface area (Å²) in [4.78, 5) is 61.5. The molecular formula is C96H66N14Zn2. The van der Waals surface area contributed by atoms with E-state index in [-0.39, 0.29) is 39.0 Å². The first-order chi connectivity index (χ1) is 54.5. The molecule has 524 valence electrons. The van der Waals surface area contributed by atoms with Crippen LogP contribution in [-0.4, -0.2) is 48.0 Å². The van der Waals surface area contributed by atoms with Crippen molar-refractivity contribution in [2.75, 3.05) is 28.6 Å². The molecule has 8 aromatic carbocycles. The van der Waals surface area contributed by atoms with E-state index < -0.39 is 0 Å². The van der Waals surface area contributed by atoms with E-state index in [1.165, 1.54) is 0 Å². The Hall–Kier alpha value is -13.4. The van der Waals surface area contributed by atoms with Crippen molar-refractivity contribution in [2.45, 2.75) is 19.3 Å². The molecule has 0 unspecified atom stereocenters. The van der Waals surface area contributed by atoms with Gasteiger partial charge in [-0.15, -0.1) is 44.1 Å². The molecule has 16 bridgehead atoms. The average Bonchev–Trinajstić information content (AvgIpc) is 1.61. The quantitative estimate of drug-likeness (QED) is 0.104. The summed E-state index contributed by atoms with van der Waals surface area (Å²) in [5.74, 6) is 1.39. The summed E-state index contributed by atoms with van der Waals surface area (Å²) >= 11 is 0. The van der Waals surface area contributed by atoms with Gasteiger partial charge in [0.25, 0.3) is 0 Å². The Morgan fingerprint density at radius 3 is 0.634 bits per heavy atom. The van der Waals surface area contributed by atoms with Crippen molar-refractivity contribution in [3.8, 4) is 89.0 Å². The van der Waals surface area contributed by atoms with Gasteiger partial charge in [-0.2, -0.15) is 15.0 Å². The number of anilines is 5. The summed E-state index contributed by atoms with van der Waals surface area (Å²) in [5.41, 5.74) is 29.5. The molecule has 1 fully saturated rings. The van der Waals surface area contributed by atoms with E-state index in [9.17, 15) is 0 Å². The molecule has 0 radical (unpaired) electrons. The van der Waals surface area contributed by atoms with Gasteiger partial charge in [-0.25, -0.2) is 19.9 Å². The Bertz CT molecular complexity index is 6120. The van der Waals surface area contributed by atoms with Crippen molar-refractivity contribution < 1.29 is 39.0 Å². The Labute approximate surface area is 672 Å². The minimum Gasteiger partial charge on any atom is -0.657 e. The van der Waals surface area contributed by atoms with Crippen molar-refractivity contribution >= 4 is 122 Å². The zero-order valence-electron chi connectivity index (χ0n) is 61.0. The Morgan fingerprint density at radius 1 is 0.214 bits per heavy atom. The number of aromatic nitrogens is 11. The van der Waals surface area contributed by atoms with Gasteiger partial charge in [0, 0.05) is 24.5 Å². The zero-order chi connectivity index (χ0) is 72.9. The van der Waals surface area contributed by atoms with Gasteiger partial charge in [-0.3, -0.25) is 0 Å². The summed E-state index contributed by atoms with van der Waals surface area (Å²) in [6, 6.07) is 95.9. The second kappa shape index (κ2) is 30.6. The Balaban J connectivity index is 0.00000438. The van der Waals surface area contributed by atoms with Crippen LogP contribution in [0.1, 0.15) is 64.8 Å². The fourth-order valence-corrected chi connectivity index (χ4v) is 15.6. The van der Waals surface area contributed by atoms with Crippen LogP contribution in [0.4, 0.5) is 29.2 Å². The van der Waals surface area contributed by atoms with Gasteiger partial charge in [-0.05, 0) is 181 Å². The molecule has 16 heteroatoms. The van der Waals surface area contributed by atoms with Crippen LogP contribution in [0.2, 0.25) is 0 Å². The summed E-state index contributed by atoms with van der Waals surface area (Å²) in [6.07, 6.45) is 20.0. The van der Waals surface area contributed by atoms with Gasteiger partial charge in [-0.1, -0.05) is 255 Å². The fourth-order valence-electron chi connectivity index (χ4n) is 15.6. The normalized spacial score (nSPS) is 12.7. The Kier molecular flexibility index (Phi) is 19.2. The average molecular weight is 1550 g/mol. The third kappa shape index (κ3) is 13.6. The number of rotatable bonds is 13. The van der Waals surface area contributed by atoms with E-state index in [0.29, 0.717) is 17.8 Å². The van der Waals surface area contributed by atoms with E-state index in [0.717, 1.165) is 222 Å². The number of nitrogens with zero attached hydrogens (tertiary/aromatic N) is 12. The van der Waals surface area contributed by atoms with Crippen LogP contribution >= 0.6 is 0 Å². The van der Waals surface area contributed by atoms with Crippen molar-refractivity contribution in [1.82, 2.24) is 54.8 Å². The topological polar surface area (TPSA) is 174 Å². The van der Waals surface area contributed by atoms with E-state index in [4.69, 9.17) is 54.8 Å². The predicted molar refractivity (Wildman–Crippen MR) is 450 cm³/mol. The third-order valence-corrected chi connectivity index (χ3v) is 20.7. The second-order valence-electron chi connectivity index (χ2n) is 27.7. The van der Waals surface area contributed by atoms with Crippen LogP contribution in [0.5, 0.6) is 0 Å². The zero-order valence-corrected chi connectivity index (χ0v) is 66.9. The van der Waals surface area contributed by atoms with Crippen molar-refractivity contribution in [1.29, 1.82) is 0 Å². The molecule has 0 amide bonds. The smallest absolute Gasteiger partial charge is 0.657 e. The molecule has 0 atom stereocenters. The van der Waals surface area contributed by atoms with Gasteiger partial charge in [0.15, 0.2) is 0 Å². The molecule has 7 aromatic heterocycles. The van der Waals surface area contributed by atoms with Crippen molar-refractivity contribution in [3.63, 3.8) is 0 Å². The Morgan fingerprint density at radius 2 is 0.420 bits per heavy atom. The van der Waals surface area contributed by atoms with E-state index in [1.807, 2.05) is 36.4 Å². The predicted octanol–water partition coefficient (Wildman–Crippen LogP) is 22.1. The molecule has 1 saturated heterocycles. The number of piperidine rings is 1. The molecule has 2 N–H and O–H groups in total. The van der Waals surface area contributed by atoms with Gasteiger partial charge in [0.1, 0.15) is 0 Å². The molecule has 0 saturated carbocycles. The first-order valence-corrected chi connectivity index (χ1v) is 37.2. The minimum atomic E-state index is 0. The third-order valence-electron chi connectivity index (χ3n) is 20.7. The number of benzene rings is 8. The minimum absolute atomic E-state index is 0. The van der Waals surface area contributed by atoms with Crippen LogP contribution in [-0.2, 0) is 39.0 Å². The monoisotopic (exact) mass is 1540 g/mol. The number of hydrogen-bond acceptors (Lipinski definition) is 10. The fraction of sp³-hybridized carbons (Fsp3) is 0.0521. The van der Waals surface area contributed by atoms with E-state index in [1.54, 1.807) is 0 Å². The number of fused-ring (bicyclic) bond motifs is 16. The van der Waals surface area contributed by atoms with E-state index in [2.05, 4.69) is 307 Å². The molecule has 0 aliphatic carbocycles. The maximum absolute atomic E-state index is 5.53. The maximum Gasteiger partial charge on any atom is 2.00 e. The molecule has 14 nitrogen and oxygen atoms in total. The number of nitrogens with one attached hydrogen (secondary N) is 2. The largest absolute Gasteiger partial charge is 2.00 e. The molecule has 15 aromatic rings. The van der Waals surface area contributed by atoms with Crippen LogP contribution in [0, 0.1) is 0 Å². The molecule has 12 heterocycles. The van der Waals surface area contributed by atoms with Gasteiger partial charge < -0.3 is 35.5 Å². The maximum atomic E-state index is 5.53. The molecular weight excluding hydrogens is 1480 g/mol. The summed E-state index contributed by atoms with van der Waals surface area (Å²) in [6.45, 7) is 1.67. The van der Waals surface area contributed by atoms with Crippen LogP contribution in [0.15, 0.2) is 279 Å².